The van der Waals surface area contributed by atoms with Crippen molar-refractivity contribution in [1.29, 1.82) is 0 Å². The highest BCUT2D eigenvalue weighted by atomic mass is 79.9. The van der Waals surface area contributed by atoms with Crippen molar-refractivity contribution in [3.05, 3.63) is 22.8 Å². The van der Waals surface area contributed by atoms with Gasteiger partial charge in [-0.3, -0.25) is 0 Å². The Morgan fingerprint density at radius 1 is 1.47 bits per heavy atom. The van der Waals surface area contributed by atoms with Crippen LogP contribution in [0.15, 0.2) is 22.8 Å². The summed E-state index contributed by atoms with van der Waals surface area (Å²) in [6.07, 6.45) is 6.24. The van der Waals surface area contributed by atoms with Crippen molar-refractivity contribution in [2.45, 2.75) is 37.8 Å². The Bertz CT molecular complexity index is 332. The van der Waals surface area contributed by atoms with Crippen LogP contribution in [0.1, 0.15) is 25.7 Å². The Labute approximate surface area is 98.2 Å². The van der Waals surface area contributed by atoms with E-state index in [4.69, 9.17) is 10.5 Å². The molecular formula is C11H15BrN2O. The van der Waals surface area contributed by atoms with Gasteiger partial charge in [0.2, 0.25) is 5.88 Å². The number of nitrogens with zero attached hydrogens (tertiary/aromatic N) is 1. The highest BCUT2D eigenvalue weighted by molar-refractivity contribution is 9.10. The van der Waals surface area contributed by atoms with Gasteiger partial charge in [0.15, 0.2) is 0 Å². The van der Waals surface area contributed by atoms with Crippen LogP contribution in [0.3, 0.4) is 0 Å². The minimum absolute atomic E-state index is 0.222. The fourth-order valence-corrected chi connectivity index (χ4v) is 2.25. The summed E-state index contributed by atoms with van der Waals surface area (Å²) in [6.45, 7) is 0. The van der Waals surface area contributed by atoms with E-state index in [9.17, 15) is 0 Å². The molecule has 1 aromatic rings. The second-order valence-electron chi connectivity index (χ2n) is 3.96. The molecule has 1 heterocycles. The molecule has 2 N–H and O–H groups in total. The molecule has 0 aliphatic heterocycles. The summed E-state index contributed by atoms with van der Waals surface area (Å²) in [5.74, 6) is 0.677. The van der Waals surface area contributed by atoms with Gasteiger partial charge in [0.1, 0.15) is 6.10 Å². The summed E-state index contributed by atoms with van der Waals surface area (Å²) < 4.78 is 6.73. The predicted octanol–water partition coefficient (Wildman–Crippen LogP) is 2.49. The van der Waals surface area contributed by atoms with Crippen molar-refractivity contribution in [3.63, 3.8) is 0 Å². The largest absolute Gasteiger partial charge is 0.473 e. The van der Waals surface area contributed by atoms with Crippen molar-refractivity contribution in [3.8, 4) is 5.88 Å². The van der Waals surface area contributed by atoms with Crippen LogP contribution in [0.5, 0.6) is 5.88 Å². The van der Waals surface area contributed by atoms with Gasteiger partial charge in [-0.25, -0.2) is 4.98 Å². The molecule has 82 valence electrons. The van der Waals surface area contributed by atoms with E-state index in [2.05, 4.69) is 20.9 Å². The fraction of sp³-hybridized carbons (Fsp3) is 0.545. The summed E-state index contributed by atoms with van der Waals surface area (Å²) in [4.78, 5) is 4.19. The van der Waals surface area contributed by atoms with Crippen LogP contribution in [-0.4, -0.2) is 17.1 Å². The Morgan fingerprint density at radius 2 is 2.33 bits per heavy atom. The summed E-state index contributed by atoms with van der Waals surface area (Å²) >= 11 is 3.42. The molecule has 1 saturated carbocycles. The zero-order valence-electron chi connectivity index (χ0n) is 8.53. The lowest BCUT2D eigenvalue weighted by atomic mass is 9.94. The molecule has 0 amide bonds. The Hall–Kier alpha value is -0.610. The predicted molar refractivity (Wildman–Crippen MR) is 62.8 cm³/mol. The monoisotopic (exact) mass is 270 g/mol. The van der Waals surface area contributed by atoms with Gasteiger partial charge in [0.05, 0.1) is 4.47 Å². The first-order valence-electron chi connectivity index (χ1n) is 5.28. The number of rotatable bonds is 2. The standard InChI is InChI=1S/C11H15BrN2O/c12-10-5-2-6-14-11(10)15-9-4-1-3-8(13)7-9/h2,5-6,8-9H,1,3-4,7,13H2. The molecule has 0 radical (unpaired) electrons. The van der Waals surface area contributed by atoms with Crippen molar-refractivity contribution in [2.75, 3.05) is 0 Å². The molecule has 1 fully saturated rings. The van der Waals surface area contributed by atoms with Gasteiger partial charge in [-0.05, 0) is 53.7 Å². The number of nitrogens with two attached hydrogens (primary N) is 1. The molecule has 2 unspecified atom stereocenters. The summed E-state index contributed by atoms with van der Waals surface area (Å²) in [5, 5.41) is 0. The molecular weight excluding hydrogens is 256 g/mol. The molecule has 3 nitrogen and oxygen atoms in total. The molecule has 0 spiro atoms. The molecule has 15 heavy (non-hydrogen) atoms. The first kappa shape index (κ1) is 10.9. The van der Waals surface area contributed by atoms with Gasteiger partial charge in [0.25, 0.3) is 0 Å². The minimum atomic E-state index is 0.222. The smallest absolute Gasteiger partial charge is 0.228 e. The highest BCUT2D eigenvalue weighted by Gasteiger charge is 2.21. The Balaban J connectivity index is 1.99. The molecule has 2 rings (SSSR count). The van der Waals surface area contributed by atoms with Crippen molar-refractivity contribution < 1.29 is 4.74 Å². The van der Waals surface area contributed by atoms with Crippen LogP contribution >= 0.6 is 15.9 Å². The van der Waals surface area contributed by atoms with Crippen molar-refractivity contribution in [1.82, 2.24) is 4.98 Å². The Morgan fingerprint density at radius 3 is 3.07 bits per heavy atom. The van der Waals surface area contributed by atoms with Crippen molar-refractivity contribution in [2.24, 2.45) is 5.73 Å². The van der Waals surface area contributed by atoms with Crippen LogP contribution in [0, 0.1) is 0 Å². The molecule has 2 atom stereocenters. The van der Waals surface area contributed by atoms with E-state index in [0.29, 0.717) is 5.88 Å². The van der Waals surface area contributed by atoms with Gasteiger partial charge in [-0.2, -0.15) is 0 Å². The second kappa shape index (κ2) is 4.94. The topological polar surface area (TPSA) is 48.1 Å². The summed E-state index contributed by atoms with van der Waals surface area (Å²) in [6, 6.07) is 4.10. The number of halogens is 1. The van der Waals surface area contributed by atoms with E-state index in [1.54, 1.807) is 6.20 Å². The number of aromatic nitrogens is 1. The van der Waals surface area contributed by atoms with Gasteiger partial charge in [-0.1, -0.05) is 0 Å². The van der Waals surface area contributed by atoms with Gasteiger partial charge >= 0.3 is 0 Å². The third-order valence-electron chi connectivity index (χ3n) is 2.67. The van der Waals surface area contributed by atoms with E-state index >= 15 is 0 Å². The number of hydrogen-bond donors (Lipinski definition) is 1. The average Bonchev–Trinajstić information content (AvgIpc) is 2.22. The van der Waals surface area contributed by atoms with Gasteiger partial charge in [0, 0.05) is 12.2 Å². The number of ether oxygens (including phenoxy) is 1. The van der Waals surface area contributed by atoms with Crippen LogP contribution in [0.2, 0.25) is 0 Å². The molecule has 4 heteroatoms. The lowest BCUT2D eigenvalue weighted by Gasteiger charge is -2.27. The number of pyridine rings is 1. The van der Waals surface area contributed by atoms with E-state index in [1.165, 1.54) is 0 Å². The minimum Gasteiger partial charge on any atom is -0.473 e. The van der Waals surface area contributed by atoms with E-state index < -0.39 is 0 Å². The fourth-order valence-electron chi connectivity index (χ4n) is 1.90. The SMILES string of the molecule is NC1CCCC(Oc2ncccc2Br)C1. The molecule has 0 saturated heterocycles. The van der Waals surface area contributed by atoms with Crippen LogP contribution in [-0.2, 0) is 0 Å². The van der Waals surface area contributed by atoms with Crippen LogP contribution in [0.4, 0.5) is 0 Å². The third kappa shape index (κ3) is 2.92. The average molecular weight is 271 g/mol. The second-order valence-corrected chi connectivity index (χ2v) is 4.81. The lowest BCUT2D eigenvalue weighted by Crippen LogP contribution is -2.33. The first-order chi connectivity index (χ1) is 7.25. The quantitative estimate of drug-likeness (QED) is 0.899. The summed E-state index contributed by atoms with van der Waals surface area (Å²) in [7, 11) is 0. The van der Waals surface area contributed by atoms with Gasteiger partial charge < -0.3 is 10.5 Å². The van der Waals surface area contributed by atoms with Crippen LogP contribution in [0.25, 0.3) is 0 Å². The van der Waals surface area contributed by atoms with E-state index in [1.807, 2.05) is 12.1 Å². The lowest BCUT2D eigenvalue weighted by molar-refractivity contribution is 0.137. The maximum absolute atomic E-state index is 5.90. The molecule has 0 aromatic carbocycles. The zero-order chi connectivity index (χ0) is 10.7. The molecule has 1 aliphatic carbocycles. The van der Waals surface area contributed by atoms with Gasteiger partial charge in [-0.15, -0.1) is 0 Å². The van der Waals surface area contributed by atoms with E-state index in [-0.39, 0.29) is 12.1 Å². The number of hydrogen-bond acceptors (Lipinski definition) is 3. The molecule has 0 bridgehead atoms. The Kier molecular flexibility index (Phi) is 3.59. The maximum Gasteiger partial charge on any atom is 0.228 e. The zero-order valence-corrected chi connectivity index (χ0v) is 10.1. The van der Waals surface area contributed by atoms with Crippen LogP contribution < -0.4 is 10.5 Å². The van der Waals surface area contributed by atoms with Crippen molar-refractivity contribution >= 4 is 15.9 Å². The first-order valence-corrected chi connectivity index (χ1v) is 6.08. The molecule has 1 aliphatic rings. The molecule has 1 aromatic heterocycles. The summed E-state index contributed by atoms with van der Waals surface area (Å²) in [5.41, 5.74) is 5.90. The highest BCUT2D eigenvalue weighted by Crippen LogP contribution is 2.26. The van der Waals surface area contributed by atoms with E-state index in [0.717, 1.165) is 30.2 Å². The maximum atomic E-state index is 5.90. The third-order valence-corrected chi connectivity index (χ3v) is 3.27. The normalized spacial score (nSPS) is 26.3.